The standard InChI is InChI=1S/C16H15N3O/c1-19(12-13-5-3-2-4-6-13)16(20)14-8-10-18-15(11-14)7-9-17/h2-6,8,10-11H,7,12H2,1H3. The summed E-state index contributed by atoms with van der Waals surface area (Å²) in [6.45, 7) is 0.551. The largest absolute Gasteiger partial charge is 0.337 e. The minimum atomic E-state index is -0.0737. The average Bonchev–Trinajstić information content (AvgIpc) is 2.48. The van der Waals surface area contributed by atoms with E-state index in [2.05, 4.69) is 4.98 Å². The van der Waals surface area contributed by atoms with Gasteiger partial charge in [-0.05, 0) is 17.7 Å². The summed E-state index contributed by atoms with van der Waals surface area (Å²) in [5.41, 5.74) is 2.25. The molecule has 0 aliphatic carbocycles. The van der Waals surface area contributed by atoms with Gasteiger partial charge in [0, 0.05) is 25.4 Å². The lowest BCUT2D eigenvalue weighted by atomic mass is 10.1. The lowest BCUT2D eigenvalue weighted by Gasteiger charge is -2.17. The molecule has 0 spiro atoms. The van der Waals surface area contributed by atoms with Crippen molar-refractivity contribution in [2.24, 2.45) is 0 Å². The normalized spacial score (nSPS) is 9.80. The van der Waals surface area contributed by atoms with Crippen LogP contribution < -0.4 is 0 Å². The Bertz CT molecular complexity index is 632. The summed E-state index contributed by atoms with van der Waals surface area (Å²) in [6.07, 6.45) is 1.78. The molecule has 0 aliphatic heterocycles. The van der Waals surface area contributed by atoms with Crippen LogP contribution in [0, 0.1) is 11.3 Å². The molecule has 1 aromatic carbocycles. The van der Waals surface area contributed by atoms with E-state index in [1.165, 1.54) is 0 Å². The fraction of sp³-hybridized carbons (Fsp3) is 0.188. The van der Waals surface area contributed by atoms with Gasteiger partial charge in [-0.25, -0.2) is 0 Å². The Labute approximate surface area is 118 Å². The number of hydrogen-bond donors (Lipinski definition) is 0. The van der Waals surface area contributed by atoms with Gasteiger partial charge in [0.15, 0.2) is 0 Å². The molecule has 2 rings (SSSR count). The Balaban J connectivity index is 2.11. The lowest BCUT2D eigenvalue weighted by molar-refractivity contribution is 0.0785. The second-order valence-corrected chi connectivity index (χ2v) is 4.52. The fourth-order valence-corrected chi connectivity index (χ4v) is 1.94. The van der Waals surface area contributed by atoms with Crippen molar-refractivity contribution in [2.75, 3.05) is 7.05 Å². The number of rotatable bonds is 4. The highest BCUT2D eigenvalue weighted by Crippen LogP contribution is 2.09. The summed E-state index contributed by atoms with van der Waals surface area (Å²) < 4.78 is 0. The quantitative estimate of drug-likeness (QED) is 0.853. The van der Waals surface area contributed by atoms with Crippen molar-refractivity contribution in [2.45, 2.75) is 13.0 Å². The van der Waals surface area contributed by atoms with Crippen LogP contribution in [0.4, 0.5) is 0 Å². The van der Waals surface area contributed by atoms with Gasteiger partial charge in [-0.2, -0.15) is 5.26 Å². The van der Waals surface area contributed by atoms with E-state index in [4.69, 9.17) is 5.26 Å². The van der Waals surface area contributed by atoms with Crippen LogP contribution in [0.3, 0.4) is 0 Å². The molecule has 0 radical (unpaired) electrons. The molecule has 0 N–H and O–H groups in total. The zero-order chi connectivity index (χ0) is 14.4. The van der Waals surface area contributed by atoms with Crippen LogP contribution in [0.1, 0.15) is 21.6 Å². The molecule has 0 aliphatic rings. The third-order valence-corrected chi connectivity index (χ3v) is 2.93. The van der Waals surface area contributed by atoms with Crippen LogP contribution in [-0.4, -0.2) is 22.8 Å². The van der Waals surface area contributed by atoms with E-state index in [9.17, 15) is 4.79 Å². The number of nitriles is 1. The third kappa shape index (κ3) is 3.42. The van der Waals surface area contributed by atoms with Crippen molar-refractivity contribution >= 4 is 5.91 Å². The van der Waals surface area contributed by atoms with Gasteiger partial charge in [0.05, 0.1) is 18.2 Å². The van der Waals surface area contributed by atoms with Crippen molar-refractivity contribution in [3.8, 4) is 6.07 Å². The predicted molar refractivity (Wildman–Crippen MR) is 75.8 cm³/mol. The summed E-state index contributed by atoms with van der Waals surface area (Å²) in [6, 6.07) is 15.2. The van der Waals surface area contributed by atoms with Crippen LogP contribution in [0.5, 0.6) is 0 Å². The van der Waals surface area contributed by atoms with Gasteiger partial charge in [0.1, 0.15) is 0 Å². The smallest absolute Gasteiger partial charge is 0.254 e. The Hall–Kier alpha value is -2.67. The zero-order valence-corrected chi connectivity index (χ0v) is 11.3. The highest BCUT2D eigenvalue weighted by molar-refractivity contribution is 5.94. The van der Waals surface area contributed by atoms with Gasteiger partial charge >= 0.3 is 0 Å². The first-order chi connectivity index (χ1) is 9.70. The molecule has 1 amide bonds. The molecular weight excluding hydrogens is 250 g/mol. The van der Waals surface area contributed by atoms with Crippen LogP contribution in [0.25, 0.3) is 0 Å². The highest BCUT2D eigenvalue weighted by Gasteiger charge is 2.12. The van der Waals surface area contributed by atoms with E-state index in [0.717, 1.165) is 5.56 Å². The van der Waals surface area contributed by atoms with E-state index in [1.807, 2.05) is 36.4 Å². The second kappa shape index (κ2) is 6.48. The topological polar surface area (TPSA) is 57.0 Å². The molecule has 1 aromatic heterocycles. The molecule has 0 atom stereocenters. The van der Waals surface area contributed by atoms with Crippen molar-refractivity contribution in [3.63, 3.8) is 0 Å². The van der Waals surface area contributed by atoms with Gasteiger partial charge < -0.3 is 4.90 Å². The summed E-state index contributed by atoms with van der Waals surface area (Å²) in [5.74, 6) is -0.0737. The van der Waals surface area contributed by atoms with Gasteiger partial charge in [-0.1, -0.05) is 30.3 Å². The van der Waals surface area contributed by atoms with Gasteiger partial charge in [-0.15, -0.1) is 0 Å². The Morgan fingerprint density at radius 3 is 2.75 bits per heavy atom. The summed E-state index contributed by atoms with van der Waals surface area (Å²) in [4.78, 5) is 18.0. The van der Waals surface area contributed by atoms with Crippen molar-refractivity contribution in [3.05, 3.63) is 65.5 Å². The second-order valence-electron chi connectivity index (χ2n) is 4.52. The zero-order valence-electron chi connectivity index (χ0n) is 11.3. The number of hydrogen-bond acceptors (Lipinski definition) is 3. The van der Waals surface area contributed by atoms with Crippen LogP contribution in [0.2, 0.25) is 0 Å². The Kier molecular flexibility index (Phi) is 4.46. The van der Waals surface area contributed by atoms with Gasteiger partial charge in [-0.3, -0.25) is 9.78 Å². The number of carbonyl (C=O) groups excluding carboxylic acids is 1. The van der Waals surface area contributed by atoms with E-state index < -0.39 is 0 Å². The molecule has 0 unspecified atom stereocenters. The summed E-state index contributed by atoms with van der Waals surface area (Å²) in [7, 11) is 1.76. The summed E-state index contributed by atoms with van der Waals surface area (Å²) in [5, 5.41) is 8.67. The SMILES string of the molecule is CN(Cc1ccccc1)C(=O)c1ccnc(CC#N)c1. The maximum atomic E-state index is 12.3. The number of benzene rings is 1. The number of pyridine rings is 1. The highest BCUT2D eigenvalue weighted by atomic mass is 16.2. The van der Waals surface area contributed by atoms with E-state index in [-0.39, 0.29) is 12.3 Å². The minimum Gasteiger partial charge on any atom is -0.337 e. The molecule has 4 heteroatoms. The molecule has 20 heavy (non-hydrogen) atoms. The van der Waals surface area contributed by atoms with Gasteiger partial charge in [0.25, 0.3) is 5.91 Å². The number of carbonyl (C=O) groups is 1. The molecule has 4 nitrogen and oxygen atoms in total. The Morgan fingerprint density at radius 1 is 1.30 bits per heavy atom. The molecule has 1 heterocycles. The molecule has 2 aromatic rings. The first-order valence-corrected chi connectivity index (χ1v) is 6.32. The Morgan fingerprint density at radius 2 is 2.05 bits per heavy atom. The lowest BCUT2D eigenvalue weighted by Crippen LogP contribution is -2.26. The molecule has 0 fully saturated rings. The number of amides is 1. The molecule has 0 bridgehead atoms. The summed E-state index contributed by atoms with van der Waals surface area (Å²) >= 11 is 0. The van der Waals surface area contributed by atoms with Gasteiger partial charge in [0.2, 0.25) is 0 Å². The average molecular weight is 265 g/mol. The minimum absolute atomic E-state index is 0.0737. The molecule has 100 valence electrons. The maximum absolute atomic E-state index is 12.3. The number of aromatic nitrogens is 1. The van der Waals surface area contributed by atoms with E-state index in [1.54, 1.807) is 30.3 Å². The van der Waals surface area contributed by atoms with Crippen molar-refractivity contribution < 1.29 is 4.79 Å². The van der Waals surface area contributed by atoms with Crippen LogP contribution in [-0.2, 0) is 13.0 Å². The van der Waals surface area contributed by atoms with Crippen LogP contribution in [0.15, 0.2) is 48.7 Å². The van der Waals surface area contributed by atoms with E-state index in [0.29, 0.717) is 17.8 Å². The molecular formula is C16H15N3O. The van der Waals surface area contributed by atoms with Crippen molar-refractivity contribution in [1.82, 2.24) is 9.88 Å². The predicted octanol–water partition coefficient (Wildman–Crippen LogP) is 2.42. The first-order valence-electron chi connectivity index (χ1n) is 6.32. The fourth-order valence-electron chi connectivity index (χ4n) is 1.94. The maximum Gasteiger partial charge on any atom is 0.254 e. The van der Waals surface area contributed by atoms with Crippen LogP contribution >= 0.6 is 0 Å². The van der Waals surface area contributed by atoms with E-state index >= 15 is 0 Å². The number of nitrogens with zero attached hydrogens (tertiary/aromatic N) is 3. The first kappa shape index (κ1) is 13.8. The van der Waals surface area contributed by atoms with Crippen molar-refractivity contribution in [1.29, 1.82) is 5.26 Å². The molecule has 0 saturated carbocycles. The monoisotopic (exact) mass is 265 g/mol. The molecule has 0 saturated heterocycles. The third-order valence-electron chi connectivity index (χ3n) is 2.93.